The Morgan fingerprint density at radius 2 is 1.50 bits per heavy atom. The minimum Gasteiger partial charge on any atom is -0.188 e. The molecule has 0 N–H and O–H groups in total. The van der Waals surface area contributed by atoms with E-state index in [-0.39, 0.29) is 0 Å². The number of halogens is 1. The Morgan fingerprint density at radius 3 is 2.25 bits per heavy atom. The lowest BCUT2D eigenvalue weighted by Crippen LogP contribution is -1.70. The molecule has 0 aromatic heterocycles. The minimum absolute atomic E-state index is 0.859. The van der Waals surface area contributed by atoms with Crippen molar-refractivity contribution in [3.63, 3.8) is 0 Å². The summed E-state index contributed by atoms with van der Waals surface area (Å²) in [6, 6.07) is 20.2. The highest BCUT2D eigenvalue weighted by Crippen LogP contribution is 2.19. The van der Waals surface area contributed by atoms with E-state index >= 15 is 0 Å². The third-order valence-electron chi connectivity index (χ3n) is 1.96. The second kappa shape index (κ2) is 5.58. The van der Waals surface area contributed by atoms with Crippen molar-refractivity contribution < 1.29 is 0 Å². The zero-order valence-electron chi connectivity index (χ0n) is 8.47. The van der Waals surface area contributed by atoms with Crippen LogP contribution in [0.2, 0.25) is 0 Å². The molecule has 16 heavy (non-hydrogen) atoms. The number of rotatable bonds is 2. The van der Waals surface area contributed by atoms with Crippen molar-refractivity contribution in [2.24, 2.45) is 9.98 Å². The van der Waals surface area contributed by atoms with E-state index in [1.807, 2.05) is 54.6 Å². The maximum absolute atomic E-state index is 4.18. The molecule has 0 aliphatic heterocycles. The second-order valence-electron chi connectivity index (χ2n) is 3.11. The monoisotopic (exact) mass is 320 g/mol. The van der Waals surface area contributed by atoms with Crippen LogP contribution in [0.15, 0.2) is 64.6 Å². The molecule has 0 atom stereocenters. The molecule has 2 rings (SSSR count). The zero-order chi connectivity index (χ0) is 11.2. The van der Waals surface area contributed by atoms with Gasteiger partial charge in [0.05, 0.1) is 11.4 Å². The maximum atomic E-state index is 4.18. The molecule has 0 saturated heterocycles. The van der Waals surface area contributed by atoms with Crippen LogP contribution >= 0.6 is 22.6 Å². The fourth-order valence-corrected chi connectivity index (χ4v) is 1.69. The van der Waals surface area contributed by atoms with Crippen molar-refractivity contribution in [2.75, 3.05) is 0 Å². The summed E-state index contributed by atoms with van der Waals surface area (Å²) in [5.74, 6) is 0. The summed E-state index contributed by atoms with van der Waals surface area (Å²) >= 11 is 2.24. The van der Waals surface area contributed by atoms with Crippen LogP contribution in [0.3, 0.4) is 0 Å². The van der Waals surface area contributed by atoms with Crippen LogP contribution in [0.5, 0.6) is 0 Å². The lowest BCUT2D eigenvalue weighted by molar-refractivity contribution is 1.47. The molecule has 0 amide bonds. The van der Waals surface area contributed by atoms with Gasteiger partial charge in [-0.3, -0.25) is 0 Å². The summed E-state index contributed by atoms with van der Waals surface area (Å²) in [4.78, 5) is 8.30. The first-order valence-corrected chi connectivity index (χ1v) is 5.90. The molecule has 78 valence electrons. The van der Waals surface area contributed by atoms with Gasteiger partial charge in [-0.05, 0) is 46.9 Å². The topological polar surface area (TPSA) is 24.7 Å². The Morgan fingerprint density at radius 1 is 0.812 bits per heavy atom. The molecule has 0 saturated carbocycles. The van der Waals surface area contributed by atoms with Gasteiger partial charge in [-0.2, -0.15) is 9.98 Å². The van der Waals surface area contributed by atoms with Crippen molar-refractivity contribution in [1.29, 1.82) is 0 Å². The molecule has 0 unspecified atom stereocenters. The normalized spacial score (nSPS) is 9.31. The SMILES string of the molecule is Ic1ccccc1N=C=Nc1ccccc1. The number of benzene rings is 2. The van der Waals surface area contributed by atoms with Gasteiger partial charge in [-0.25, -0.2) is 0 Å². The summed E-state index contributed by atoms with van der Waals surface area (Å²) in [7, 11) is 0. The number of aliphatic imine (C=N–C) groups is 2. The third kappa shape index (κ3) is 3.02. The van der Waals surface area contributed by atoms with Crippen molar-refractivity contribution in [3.05, 3.63) is 58.2 Å². The van der Waals surface area contributed by atoms with Gasteiger partial charge in [0, 0.05) is 3.57 Å². The summed E-state index contributed by atoms with van der Waals surface area (Å²) in [6.45, 7) is 0. The minimum atomic E-state index is 0.859. The van der Waals surface area contributed by atoms with Gasteiger partial charge in [0.25, 0.3) is 0 Å². The molecular weight excluding hydrogens is 311 g/mol. The average molecular weight is 320 g/mol. The molecule has 0 aliphatic carbocycles. The van der Waals surface area contributed by atoms with Crippen molar-refractivity contribution in [3.8, 4) is 0 Å². The lowest BCUT2D eigenvalue weighted by atomic mass is 10.3. The molecule has 0 spiro atoms. The van der Waals surface area contributed by atoms with E-state index in [0.717, 1.165) is 14.9 Å². The molecular formula is C13H9IN2. The first-order chi connectivity index (χ1) is 7.86. The first-order valence-electron chi connectivity index (χ1n) is 4.82. The van der Waals surface area contributed by atoms with Crippen LogP contribution in [0, 0.1) is 3.57 Å². The van der Waals surface area contributed by atoms with Gasteiger partial charge in [0.15, 0.2) is 0 Å². The van der Waals surface area contributed by atoms with Gasteiger partial charge in [0.1, 0.15) is 6.01 Å². The van der Waals surface area contributed by atoms with E-state index in [0.29, 0.717) is 0 Å². The van der Waals surface area contributed by atoms with Gasteiger partial charge in [-0.15, -0.1) is 0 Å². The predicted octanol–water partition coefficient (Wildman–Crippen LogP) is 4.43. The number of nitrogens with zero attached hydrogens (tertiary/aromatic N) is 2. The second-order valence-corrected chi connectivity index (χ2v) is 4.27. The summed E-state index contributed by atoms with van der Waals surface area (Å²) in [6.07, 6.45) is 0. The Labute approximate surface area is 108 Å². The van der Waals surface area contributed by atoms with E-state index in [9.17, 15) is 0 Å². The van der Waals surface area contributed by atoms with Crippen LogP contribution in [0.25, 0.3) is 0 Å². The molecule has 0 radical (unpaired) electrons. The standard InChI is InChI=1S/C13H9IN2/c14-12-8-4-5-9-13(12)16-10-15-11-6-2-1-3-7-11/h1-9H. The fourth-order valence-electron chi connectivity index (χ4n) is 1.18. The van der Waals surface area contributed by atoms with Crippen molar-refractivity contribution >= 4 is 40.0 Å². The Balaban J connectivity index is 2.22. The molecule has 0 fully saturated rings. The smallest absolute Gasteiger partial charge is 0.101 e. The predicted molar refractivity (Wildman–Crippen MR) is 74.8 cm³/mol. The third-order valence-corrected chi connectivity index (χ3v) is 2.87. The highest BCUT2D eigenvalue weighted by molar-refractivity contribution is 14.1. The van der Waals surface area contributed by atoms with Crippen LogP contribution in [-0.2, 0) is 0 Å². The van der Waals surface area contributed by atoms with E-state index in [2.05, 4.69) is 38.6 Å². The molecule has 2 aromatic rings. The van der Waals surface area contributed by atoms with Crippen LogP contribution in [-0.4, -0.2) is 6.01 Å². The van der Waals surface area contributed by atoms with Gasteiger partial charge >= 0.3 is 0 Å². The molecule has 0 bridgehead atoms. The number of hydrogen-bond acceptors (Lipinski definition) is 2. The highest BCUT2D eigenvalue weighted by atomic mass is 127. The maximum Gasteiger partial charge on any atom is 0.101 e. The van der Waals surface area contributed by atoms with Gasteiger partial charge in [-0.1, -0.05) is 30.3 Å². The summed E-state index contributed by atoms with van der Waals surface area (Å²) in [5, 5.41) is 0. The molecule has 0 heterocycles. The zero-order valence-corrected chi connectivity index (χ0v) is 10.6. The Bertz CT molecular complexity index is 529. The Hall–Kier alpha value is -1.45. The quantitative estimate of drug-likeness (QED) is 0.578. The largest absolute Gasteiger partial charge is 0.188 e. The summed E-state index contributed by atoms with van der Waals surface area (Å²) < 4.78 is 1.09. The lowest BCUT2D eigenvalue weighted by Gasteiger charge is -1.92. The first kappa shape index (κ1) is 11.0. The molecule has 2 aromatic carbocycles. The van der Waals surface area contributed by atoms with Crippen LogP contribution in [0.1, 0.15) is 0 Å². The van der Waals surface area contributed by atoms with E-state index in [1.165, 1.54) is 0 Å². The van der Waals surface area contributed by atoms with Gasteiger partial charge < -0.3 is 0 Å². The molecule has 2 nitrogen and oxygen atoms in total. The fraction of sp³-hybridized carbons (Fsp3) is 0. The molecule has 0 aliphatic rings. The van der Waals surface area contributed by atoms with Crippen LogP contribution < -0.4 is 0 Å². The number of para-hydroxylation sites is 2. The van der Waals surface area contributed by atoms with Crippen molar-refractivity contribution in [2.45, 2.75) is 0 Å². The van der Waals surface area contributed by atoms with E-state index in [4.69, 9.17) is 0 Å². The van der Waals surface area contributed by atoms with E-state index in [1.54, 1.807) is 0 Å². The average Bonchev–Trinajstić information content (AvgIpc) is 2.33. The Kier molecular flexibility index (Phi) is 3.86. The van der Waals surface area contributed by atoms with Crippen LogP contribution in [0.4, 0.5) is 11.4 Å². The van der Waals surface area contributed by atoms with E-state index < -0.39 is 0 Å². The van der Waals surface area contributed by atoms with Gasteiger partial charge in [0.2, 0.25) is 0 Å². The van der Waals surface area contributed by atoms with Crippen molar-refractivity contribution in [1.82, 2.24) is 0 Å². The highest BCUT2D eigenvalue weighted by Gasteiger charge is 1.92. The molecule has 3 heteroatoms. The summed E-state index contributed by atoms with van der Waals surface area (Å²) in [5.41, 5.74) is 1.75. The number of hydrogen-bond donors (Lipinski definition) is 0.